The Labute approximate surface area is 208 Å². The third-order valence-corrected chi connectivity index (χ3v) is 7.89. The Morgan fingerprint density at radius 1 is 1.18 bits per heavy atom. The van der Waals surface area contributed by atoms with Crippen molar-refractivity contribution in [2.45, 2.75) is 39.2 Å². The summed E-state index contributed by atoms with van der Waals surface area (Å²) in [6.07, 6.45) is 5.29. The summed E-state index contributed by atoms with van der Waals surface area (Å²) in [5, 5.41) is 4.70. The van der Waals surface area contributed by atoms with Crippen molar-refractivity contribution in [1.29, 1.82) is 0 Å². The van der Waals surface area contributed by atoms with Crippen molar-refractivity contribution < 1.29 is 9.59 Å². The smallest absolute Gasteiger partial charge is 0.257 e. The quantitative estimate of drug-likeness (QED) is 0.564. The molecule has 2 amide bonds. The highest BCUT2D eigenvalue weighted by molar-refractivity contribution is 7.13. The molecule has 0 unspecified atom stereocenters. The van der Waals surface area contributed by atoms with Crippen LogP contribution in [0.2, 0.25) is 5.02 Å². The van der Waals surface area contributed by atoms with E-state index in [1.54, 1.807) is 6.20 Å². The van der Waals surface area contributed by atoms with Crippen LogP contribution < -0.4 is 10.2 Å². The molecule has 1 aromatic carbocycles. The largest absolute Gasteiger partial charge is 0.370 e. The summed E-state index contributed by atoms with van der Waals surface area (Å²) in [5.41, 5.74) is 3.48. The van der Waals surface area contributed by atoms with Crippen LogP contribution in [0.25, 0.3) is 10.2 Å². The number of nitrogens with zero attached hydrogens (tertiary/aromatic N) is 4. The second-order valence-electron chi connectivity index (χ2n) is 9.08. The molecule has 7 nitrogen and oxygen atoms in total. The third kappa shape index (κ3) is 4.61. The first-order chi connectivity index (χ1) is 16.5. The summed E-state index contributed by atoms with van der Waals surface area (Å²) >= 11 is 7.42. The normalized spacial score (nSPS) is 16.9. The maximum atomic E-state index is 13.4. The second-order valence-corrected chi connectivity index (χ2v) is 10.3. The van der Waals surface area contributed by atoms with Crippen LogP contribution in [-0.2, 0) is 11.3 Å². The van der Waals surface area contributed by atoms with Gasteiger partial charge >= 0.3 is 0 Å². The van der Waals surface area contributed by atoms with Crippen molar-refractivity contribution in [3.8, 4) is 0 Å². The zero-order valence-electron chi connectivity index (χ0n) is 19.2. The summed E-state index contributed by atoms with van der Waals surface area (Å²) in [4.78, 5) is 35.8. The fraction of sp³-hybridized carbons (Fsp3) is 0.440. The number of anilines is 1. The highest BCUT2D eigenvalue weighted by Crippen LogP contribution is 2.37. The van der Waals surface area contributed by atoms with Crippen molar-refractivity contribution in [2.75, 3.05) is 31.1 Å². The minimum absolute atomic E-state index is 0.0489. The molecular weight excluding hydrogens is 470 g/mol. The topological polar surface area (TPSA) is 78.4 Å². The zero-order chi connectivity index (χ0) is 23.7. The van der Waals surface area contributed by atoms with E-state index in [2.05, 4.69) is 19.6 Å². The van der Waals surface area contributed by atoms with Gasteiger partial charge in [-0.15, -0.1) is 0 Å². The van der Waals surface area contributed by atoms with E-state index < -0.39 is 0 Å². The van der Waals surface area contributed by atoms with Crippen molar-refractivity contribution in [3.05, 3.63) is 52.3 Å². The molecule has 3 aromatic rings. The SMILES string of the molecule is Cc1nsc2ncc(C(=O)N3CCCC3)c(N3CCC(C(=O)NCc4cccc(Cl)c4)CC3)c12. The van der Waals surface area contributed by atoms with Crippen LogP contribution in [0.4, 0.5) is 5.69 Å². The van der Waals surface area contributed by atoms with Crippen LogP contribution in [0.1, 0.15) is 47.3 Å². The van der Waals surface area contributed by atoms with Crippen molar-refractivity contribution in [3.63, 3.8) is 0 Å². The number of fused-ring (bicyclic) bond motifs is 1. The number of likely N-dealkylation sites (tertiary alicyclic amines) is 1. The summed E-state index contributed by atoms with van der Waals surface area (Å²) in [7, 11) is 0. The average Bonchev–Trinajstić information content (AvgIpc) is 3.52. The predicted octanol–water partition coefficient (Wildman–Crippen LogP) is 4.42. The Balaban J connectivity index is 1.32. The minimum atomic E-state index is -0.0489. The number of amides is 2. The number of piperidine rings is 1. The molecule has 0 saturated carbocycles. The molecule has 2 aliphatic rings. The third-order valence-electron chi connectivity index (χ3n) is 6.81. The van der Waals surface area contributed by atoms with Gasteiger partial charge in [-0.2, -0.15) is 4.37 Å². The van der Waals surface area contributed by atoms with Gasteiger partial charge in [-0.25, -0.2) is 4.98 Å². The molecule has 2 fully saturated rings. The van der Waals surface area contributed by atoms with E-state index >= 15 is 0 Å². The van der Waals surface area contributed by atoms with E-state index in [-0.39, 0.29) is 17.7 Å². The lowest BCUT2D eigenvalue weighted by molar-refractivity contribution is -0.125. The number of carbonyl (C=O) groups is 2. The van der Waals surface area contributed by atoms with Gasteiger partial charge in [0.25, 0.3) is 5.91 Å². The van der Waals surface area contributed by atoms with Crippen molar-refractivity contribution in [2.24, 2.45) is 5.92 Å². The first kappa shape index (κ1) is 23.1. The first-order valence-corrected chi connectivity index (χ1v) is 13.0. The number of benzene rings is 1. The summed E-state index contributed by atoms with van der Waals surface area (Å²) in [6.45, 7) is 5.47. The van der Waals surface area contributed by atoms with Crippen LogP contribution in [-0.4, -0.2) is 52.3 Å². The van der Waals surface area contributed by atoms with Gasteiger partial charge in [0.05, 0.1) is 22.3 Å². The number of hydrogen-bond acceptors (Lipinski definition) is 6. The number of nitrogens with one attached hydrogen (secondary N) is 1. The van der Waals surface area contributed by atoms with E-state index in [1.165, 1.54) is 11.5 Å². The number of hydrogen-bond donors (Lipinski definition) is 1. The van der Waals surface area contributed by atoms with E-state index in [0.717, 1.165) is 65.9 Å². The molecule has 2 saturated heterocycles. The number of halogens is 1. The Morgan fingerprint density at radius 3 is 2.68 bits per heavy atom. The molecule has 34 heavy (non-hydrogen) atoms. The molecule has 0 bridgehead atoms. The Hall–Kier alpha value is -2.71. The molecule has 2 aromatic heterocycles. The molecule has 0 spiro atoms. The van der Waals surface area contributed by atoms with Gasteiger partial charge in [0, 0.05) is 49.9 Å². The Bertz CT molecular complexity index is 1220. The second kappa shape index (κ2) is 9.88. The molecule has 9 heteroatoms. The van der Waals surface area contributed by atoms with Gasteiger partial charge in [0.15, 0.2) is 0 Å². The molecule has 5 rings (SSSR count). The molecule has 0 aliphatic carbocycles. The van der Waals surface area contributed by atoms with Gasteiger partial charge < -0.3 is 15.1 Å². The van der Waals surface area contributed by atoms with E-state index in [9.17, 15) is 9.59 Å². The van der Waals surface area contributed by atoms with Gasteiger partial charge in [-0.05, 0) is 61.8 Å². The van der Waals surface area contributed by atoms with Crippen LogP contribution in [0, 0.1) is 12.8 Å². The Morgan fingerprint density at radius 2 is 1.94 bits per heavy atom. The predicted molar refractivity (Wildman–Crippen MR) is 136 cm³/mol. The van der Waals surface area contributed by atoms with Crippen LogP contribution in [0.3, 0.4) is 0 Å². The fourth-order valence-corrected chi connectivity index (χ4v) is 5.92. The monoisotopic (exact) mass is 497 g/mol. The van der Waals surface area contributed by atoms with Gasteiger partial charge in [-0.3, -0.25) is 9.59 Å². The van der Waals surface area contributed by atoms with Crippen LogP contribution in [0.15, 0.2) is 30.5 Å². The summed E-state index contributed by atoms with van der Waals surface area (Å²) in [5.74, 6) is 0.0716. The van der Waals surface area contributed by atoms with Crippen molar-refractivity contribution in [1.82, 2.24) is 19.6 Å². The maximum Gasteiger partial charge on any atom is 0.257 e. The molecule has 178 valence electrons. The van der Waals surface area contributed by atoms with Crippen molar-refractivity contribution >= 4 is 50.9 Å². The zero-order valence-corrected chi connectivity index (χ0v) is 20.8. The molecule has 4 heterocycles. The van der Waals surface area contributed by atoms with Gasteiger partial charge in [0.2, 0.25) is 5.91 Å². The first-order valence-electron chi connectivity index (χ1n) is 11.8. The highest BCUT2D eigenvalue weighted by Gasteiger charge is 2.31. The lowest BCUT2D eigenvalue weighted by Crippen LogP contribution is -2.41. The van der Waals surface area contributed by atoms with Gasteiger partial charge in [-0.1, -0.05) is 23.7 Å². The van der Waals surface area contributed by atoms with E-state index in [0.29, 0.717) is 30.2 Å². The number of carbonyl (C=O) groups excluding carboxylic acids is 2. The summed E-state index contributed by atoms with van der Waals surface area (Å²) in [6, 6.07) is 7.54. The molecule has 0 atom stereocenters. The fourth-order valence-electron chi connectivity index (χ4n) is 4.96. The van der Waals surface area contributed by atoms with Gasteiger partial charge in [0.1, 0.15) is 4.83 Å². The minimum Gasteiger partial charge on any atom is -0.370 e. The summed E-state index contributed by atoms with van der Waals surface area (Å²) < 4.78 is 4.51. The van der Waals surface area contributed by atoms with E-state index in [1.807, 2.05) is 36.1 Å². The molecule has 2 aliphatic heterocycles. The maximum absolute atomic E-state index is 13.4. The molecular formula is C25H28ClN5O2S. The van der Waals surface area contributed by atoms with Crippen LogP contribution >= 0.6 is 23.1 Å². The lowest BCUT2D eigenvalue weighted by Gasteiger charge is -2.34. The number of aryl methyl sites for hydroxylation is 1. The van der Waals surface area contributed by atoms with Crippen LogP contribution in [0.5, 0.6) is 0 Å². The average molecular weight is 498 g/mol. The lowest BCUT2D eigenvalue weighted by atomic mass is 9.94. The number of aromatic nitrogens is 2. The number of pyridine rings is 1. The molecule has 0 radical (unpaired) electrons. The highest BCUT2D eigenvalue weighted by atomic mass is 35.5. The standard InChI is InChI=1S/C25H28ClN5O2S/c1-16-21-22(20(15-28-24(21)34-29-16)25(33)31-9-2-3-10-31)30-11-7-18(8-12-30)23(32)27-14-17-5-4-6-19(26)13-17/h4-6,13,15,18H,2-3,7-12,14H2,1H3,(H,27,32). The van der Waals surface area contributed by atoms with E-state index in [4.69, 9.17) is 11.6 Å². The number of rotatable bonds is 5. The Kier molecular flexibility index (Phi) is 6.70. The molecule has 1 N–H and O–H groups in total.